The van der Waals surface area contributed by atoms with Gasteiger partial charge in [0.1, 0.15) is 36.3 Å². The Morgan fingerprint density at radius 2 is 1.58 bits per heavy atom. The maximum absolute atomic E-state index is 12.7. The second-order valence-electron chi connectivity index (χ2n) is 16.5. The summed E-state index contributed by atoms with van der Waals surface area (Å²) in [5, 5.41) is 54.7. The Labute approximate surface area is 422 Å². The third-order valence-corrected chi connectivity index (χ3v) is 13.9. The van der Waals surface area contributed by atoms with Gasteiger partial charge in [0.2, 0.25) is 16.9 Å². The second kappa shape index (κ2) is 30.3. The number of phosphoric ester groups is 3. The zero-order valence-corrected chi connectivity index (χ0v) is 43.0. The van der Waals surface area contributed by atoms with E-state index in [1.807, 2.05) is 12.2 Å². The molecule has 32 heteroatoms. The number of carbonyl (C=O) groups excluding carboxylic acids is 3. The minimum absolute atomic E-state index is 0.00152. The number of carbonyl (C=O) groups is 4. The van der Waals surface area contributed by atoms with Gasteiger partial charge in [0, 0.05) is 37.1 Å². The molecule has 0 bridgehead atoms. The molecule has 2 amide bonds. The number of rotatable bonds is 33. The Balaban J connectivity index is 1.31. The number of aliphatic carboxylic acids is 1. The highest BCUT2D eigenvalue weighted by Crippen LogP contribution is 2.61. The number of aliphatic hydroxyl groups is 4. The van der Waals surface area contributed by atoms with E-state index in [0.717, 1.165) is 29.0 Å². The van der Waals surface area contributed by atoms with E-state index in [2.05, 4.69) is 34.4 Å². The van der Waals surface area contributed by atoms with Gasteiger partial charge in [0.25, 0.3) is 0 Å². The van der Waals surface area contributed by atoms with Gasteiger partial charge < -0.3 is 66.2 Å². The zero-order chi connectivity index (χ0) is 54.4. The molecule has 9 atom stereocenters. The van der Waals surface area contributed by atoms with Gasteiger partial charge in [-0.3, -0.25) is 37.3 Å². The number of amides is 2. The van der Waals surface area contributed by atoms with Crippen LogP contribution in [0.2, 0.25) is 0 Å². The monoisotopic (exact) mass is 1110 g/mol. The van der Waals surface area contributed by atoms with E-state index in [1.54, 1.807) is 42.5 Å². The number of nitrogens with one attached hydrogen (secondary N) is 2. The largest absolute Gasteiger partial charge is 0.481 e. The van der Waals surface area contributed by atoms with Crippen LogP contribution in [0.1, 0.15) is 65.0 Å². The van der Waals surface area contributed by atoms with Gasteiger partial charge in [0.15, 0.2) is 17.7 Å². The standard InChI is InChI=1S/C41H62N7O21P3S/c1-41(2,24-66-72(63,64)69-71(61,62)65-23-29-35(68-70(58,59)60)34(55)40(67-29)48-26-47-33-37(42)45-25-46-38(33)48)36(56)39(57)44-20-19-30(51)43-21-22-73-32(54)18-11-5-3-4-8-13-27(49)14-9-6-7-10-15-28(50)16-12-17-31(52)53/h4,6-11,14-15,18,25-29,34-36,40,49-50,55-56H,3,5,12-13,16-17,19-24H2,1-2H3,(H,43,51)(H,44,57)(H,52,53)(H,61,62)(H,63,64)(H2,42,45,46)(H2,58,59,60)/b7-6+,8-4-,14-9+,15-10-,18-11+/t27-,28-,29+,34-,35-,36?,40+/m0/s1. The number of carboxylic acids is 1. The number of imidazole rings is 1. The van der Waals surface area contributed by atoms with E-state index >= 15 is 0 Å². The fourth-order valence-electron chi connectivity index (χ4n) is 6.21. The fraction of sp³-hybridized carbons (Fsp3) is 0.537. The molecule has 73 heavy (non-hydrogen) atoms. The van der Waals surface area contributed by atoms with Gasteiger partial charge in [-0.1, -0.05) is 80.3 Å². The fourth-order valence-corrected chi connectivity index (χ4v) is 9.63. The van der Waals surface area contributed by atoms with Crippen molar-refractivity contribution in [3.05, 3.63) is 73.4 Å². The molecule has 1 fully saturated rings. The van der Waals surface area contributed by atoms with Crippen molar-refractivity contribution in [3.63, 3.8) is 0 Å². The van der Waals surface area contributed by atoms with Gasteiger partial charge in [-0.2, -0.15) is 4.31 Å². The Morgan fingerprint density at radius 3 is 2.26 bits per heavy atom. The van der Waals surface area contributed by atoms with Gasteiger partial charge in [0.05, 0.1) is 31.7 Å². The lowest BCUT2D eigenvalue weighted by atomic mass is 9.87. The summed E-state index contributed by atoms with van der Waals surface area (Å²) in [5.41, 5.74) is 4.21. The number of aromatic nitrogens is 4. The lowest BCUT2D eigenvalue weighted by molar-refractivity contribution is -0.138. The molecule has 1 aliphatic heterocycles. The number of fused-ring (bicyclic) bond motifs is 1. The first-order valence-electron chi connectivity index (χ1n) is 22.2. The SMILES string of the molecule is CC(C)(COP(=O)(O)OP(=O)(O)OC[C@H]1O[C@@H](n2cnc3c(N)ncnc32)[C@@H](O)[C@H]1OP(=O)(O)O)C(O)C(=O)NCCC(=O)NCCSC(=O)/C=C/CC/C=C\C[C@H](O)/C=C/C=C/C=C\[C@H](O)CCCC(=O)O. The molecule has 2 aromatic heterocycles. The molecule has 0 spiro atoms. The molecule has 28 nitrogen and oxygen atoms in total. The summed E-state index contributed by atoms with van der Waals surface area (Å²) in [6, 6.07) is 0. The van der Waals surface area contributed by atoms with E-state index in [9.17, 15) is 72.9 Å². The number of ether oxygens (including phenoxy) is 1. The second-order valence-corrected chi connectivity index (χ2v) is 21.8. The van der Waals surface area contributed by atoms with Crippen molar-refractivity contribution in [3.8, 4) is 0 Å². The first-order valence-corrected chi connectivity index (χ1v) is 27.7. The Bertz CT molecular complexity index is 2450. The number of anilines is 1. The van der Waals surface area contributed by atoms with Gasteiger partial charge in [-0.25, -0.2) is 28.6 Å². The van der Waals surface area contributed by atoms with E-state index in [1.165, 1.54) is 19.9 Å². The number of thioether (sulfide) groups is 1. The highest BCUT2D eigenvalue weighted by molar-refractivity contribution is 8.14. The lowest BCUT2D eigenvalue weighted by Gasteiger charge is -2.30. The van der Waals surface area contributed by atoms with E-state index in [4.69, 9.17) is 24.6 Å². The minimum Gasteiger partial charge on any atom is -0.481 e. The highest BCUT2D eigenvalue weighted by atomic mass is 32.2. The summed E-state index contributed by atoms with van der Waals surface area (Å²) >= 11 is 0.973. The molecule has 1 saturated heterocycles. The molecule has 0 radical (unpaired) electrons. The smallest absolute Gasteiger partial charge is 0.481 e. The maximum Gasteiger partial charge on any atom is 0.481 e. The van der Waals surface area contributed by atoms with Crippen LogP contribution in [-0.4, -0.2) is 156 Å². The summed E-state index contributed by atoms with van der Waals surface area (Å²) in [6.45, 7) is 0.293. The summed E-state index contributed by atoms with van der Waals surface area (Å²) in [6.07, 6.45) is 10.4. The normalized spacial score (nSPS) is 20.8. The van der Waals surface area contributed by atoms with Crippen LogP contribution >= 0.6 is 35.2 Å². The van der Waals surface area contributed by atoms with Gasteiger partial charge in [-0.15, -0.1) is 0 Å². The molecule has 0 aromatic carbocycles. The number of hydrogen-bond acceptors (Lipinski definition) is 21. The predicted molar refractivity (Wildman–Crippen MR) is 260 cm³/mol. The third-order valence-electron chi connectivity index (χ3n) is 9.93. The molecule has 3 heterocycles. The average molecular weight is 1110 g/mol. The topological polar surface area (TPSA) is 441 Å². The van der Waals surface area contributed by atoms with Crippen LogP contribution in [0, 0.1) is 5.41 Å². The molecule has 3 rings (SSSR count). The number of phosphoric acid groups is 3. The zero-order valence-electron chi connectivity index (χ0n) is 39.5. The summed E-state index contributed by atoms with van der Waals surface area (Å²) in [7, 11) is -16.5. The van der Waals surface area contributed by atoms with Crippen LogP contribution in [0.3, 0.4) is 0 Å². The van der Waals surface area contributed by atoms with Gasteiger partial charge >= 0.3 is 29.4 Å². The molecule has 13 N–H and O–H groups in total. The number of nitrogens with two attached hydrogens (primary N) is 1. The third kappa shape index (κ3) is 23.8. The summed E-state index contributed by atoms with van der Waals surface area (Å²) in [4.78, 5) is 98.8. The van der Waals surface area contributed by atoms with Crippen LogP contribution in [0.4, 0.5) is 5.82 Å². The van der Waals surface area contributed by atoms with Crippen LogP contribution in [-0.2, 0) is 55.5 Å². The summed E-state index contributed by atoms with van der Waals surface area (Å²) in [5.74, 6) is -2.20. The molecule has 0 saturated carbocycles. The number of carboxylic acid groups (broad SMARTS) is 1. The van der Waals surface area contributed by atoms with Crippen molar-refractivity contribution < 1.29 is 101 Å². The Hall–Kier alpha value is -4.35. The average Bonchev–Trinajstić information content (AvgIpc) is 3.86. The van der Waals surface area contributed by atoms with Crippen LogP contribution in [0.25, 0.3) is 11.2 Å². The van der Waals surface area contributed by atoms with E-state index < -0.39 is 103 Å². The van der Waals surface area contributed by atoms with Crippen molar-refractivity contribution in [1.82, 2.24) is 30.2 Å². The molecular formula is C41H62N7O21P3S. The van der Waals surface area contributed by atoms with Crippen molar-refractivity contribution in [2.24, 2.45) is 5.41 Å². The number of hydrogen-bond donors (Lipinski definition) is 12. The molecular weight excluding hydrogens is 1050 g/mol. The number of allylic oxidation sites excluding steroid dienone is 6. The number of nitrogen functional groups attached to an aromatic ring is 1. The quantitative estimate of drug-likeness (QED) is 0.0159. The van der Waals surface area contributed by atoms with E-state index in [-0.39, 0.29) is 53.8 Å². The highest BCUT2D eigenvalue weighted by Gasteiger charge is 2.50. The number of aliphatic hydroxyl groups excluding tert-OH is 4. The Kier molecular flexibility index (Phi) is 26.1. The molecule has 408 valence electrons. The van der Waals surface area contributed by atoms with Crippen LogP contribution < -0.4 is 16.4 Å². The lowest BCUT2D eigenvalue weighted by Crippen LogP contribution is -2.46. The molecule has 3 unspecified atom stereocenters. The molecule has 0 aliphatic carbocycles. The maximum atomic E-state index is 12.7. The Morgan fingerprint density at radius 1 is 0.904 bits per heavy atom. The molecule has 1 aliphatic rings. The number of unbranched alkanes of at least 4 members (excludes halogenated alkanes) is 1. The van der Waals surface area contributed by atoms with Gasteiger partial charge in [-0.05, 0) is 38.2 Å². The minimum atomic E-state index is -5.60. The first kappa shape index (κ1) is 62.9. The predicted octanol–water partition coefficient (Wildman–Crippen LogP) is 1.59. The first-order chi connectivity index (χ1) is 34.2. The summed E-state index contributed by atoms with van der Waals surface area (Å²) < 4.78 is 62.4. The van der Waals surface area contributed by atoms with Crippen molar-refractivity contribution in [1.29, 1.82) is 0 Å². The molecule has 2 aromatic rings. The van der Waals surface area contributed by atoms with Crippen molar-refractivity contribution in [2.75, 3.05) is 37.8 Å². The van der Waals surface area contributed by atoms with Crippen molar-refractivity contribution in [2.45, 2.75) is 102 Å². The van der Waals surface area contributed by atoms with Crippen LogP contribution in [0.15, 0.2) is 73.4 Å². The van der Waals surface area contributed by atoms with Crippen molar-refractivity contribution >= 4 is 75.1 Å². The number of nitrogens with zero attached hydrogens (tertiary/aromatic N) is 4. The van der Waals surface area contributed by atoms with E-state index in [0.29, 0.717) is 32.1 Å². The van der Waals surface area contributed by atoms with Crippen LogP contribution in [0.5, 0.6) is 0 Å².